The van der Waals surface area contributed by atoms with Gasteiger partial charge >= 0.3 is 6.03 Å². The molecular formula is C18H21BrN4O4. The SMILES string of the molecule is C[C@H]1CCCC[C@]12NC(=O)N(CC(=O)NNC(=O)c1ccc(Br)cc1)C2=O. The zero-order valence-corrected chi connectivity index (χ0v) is 16.5. The number of hydrogen-bond acceptors (Lipinski definition) is 4. The van der Waals surface area contributed by atoms with E-state index in [1.165, 1.54) is 0 Å². The molecule has 1 spiro atoms. The van der Waals surface area contributed by atoms with E-state index in [0.29, 0.717) is 12.0 Å². The Morgan fingerprint density at radius 2 is 1.93 bits per heavy atom. The van der Waals surface area contributed by atoms with E-state index in [1.54, 1.807) is 24.3 Å². The molecule has 1 saturated carbocycles. The van der Waals surface area contributed by atoms with Crippen LogP contribution in [0.4, 0.5) is 4.79 Å². The summed E-state index contributed by atoms with van der Waals surface area (Å²) in [7, 11) is 0. The van der Waals surface area contributed by atoms with E-state index in [1.807, 2.05) is 6.92 Å². The fraction of sp³-hybridized carbons (Fsp3) is 0.444. The molecule has 0 aromatic heterocycles. The summed E-state index contributed by atoms with van der Waals surface area (Å²) in [6, 6.07) is 6.03. The van der Waals surface area contributed by atoms with Crippen molar-refractivity contribution in [2.45, 2.75) is 38.1 Å². The molecule has 1 aromatic rings. The first-order valence-electron chi connectivity index (χ1n) is 8.82. The molecule has 5 amide bonds. The molecule has 1 aliphatic heterocycles. The van der Waals surface area contributed by atoms with Crippen LogP contribution in [0.1, 0.15) is 43.0 Å². The summed E-state index contributed by atoms with van der Waals surface area (Å²) in [5.41, 5.74) is 3.98. The monoisotopic (exact) mass is 436 g/mol. The summed E-state index contributed by atoms with van der Waals surface area (Å²) < 4.78 is 0.826. The highest BCUT2D eigenvalue weighted by molar-refractivity contribution is 9.10. The van der Waals surface area contributed by atoms with Crippen LogP contribution in [0.3, 0.4) is 0 Å². The van der Waals surface area contributed by atoms with E-state index in [0.717, 1.165) is 28.6 Å². The lowest BCUT2D eigenvalue weighted by molar-refractivity contribution is -0.137. The Bertz CT molecular complexity index is 782. The lowest BCUT2D eigenvalue weighted by atomic mass is 9.73. The third-order valence-electron chi connectivity index (χ3n) is 5.23. The number of amides is 5. The summed E-state index contributed by atoms with van der Waals surface area (Å²) >= 11 is 3.27. The topological polar surface area (TPSA) is 108 Å². The van der Waals surface area contributed by atoms with Crippen molar-refractivity contribution >= 4 is 39.7 Å². The maximum Gasteiger partial charge on any atom is 0.325 e. The van der Waals surface area contributed by atoms with E-state index < -0.39 is 29.9 Å². The number of nitrogens with zero attached hydrogens (tertiary/aromatic N) is 1. The quantitative estimate of drug-likeness (QED) is 0.494. The average Bonchev–Trinajstić information content (AvgIpc) is 2.88. The van der Waals surface area contributed by atoms with Crippen LogP contribution in [-0.4, -0.2) is 40.7 Å². The molecular weight excluding hydrogens is 416 g/mol. The Morgan fingerprint density at radius 1 is 1.22 bits per heavy atom. The first kappa shape index (κ1) is 19.3. The van der Waals surface area contributed by atoms with Gasteiger partial charge < -0.3 is 5.32 Å². The minimum absolute atomic E-state index is 0.0212. The van der Waals surface area contributed by atoms with Crippen LogP contribution in [0.25, 0.3) is 0 Å². The zero-order chi connectivity index (χ0) is 19.6. The number of imide groups is 1. The highest BCUT2D eigenvalue weighted by atomic mass is 79.9. The zero-order valence-electron chi connectivity index (χ0n) is 14.9. The lowest BCUT2D eigenvalue weighted by Gasteiger charge is -2.36. The van der Waals surface area contributed by atoms with E-state index in [2.05, 4.69) is 32.1 Å². The van der Waals surface area contributed by atoms with Gasteiger partial charge in [-0.3, -0.25) is 30.1 Å². The number of carbonyl (C=O) groups excluding carboxylic acids is 4. The van der Waals surface area contributed by atoms with Crippen LogP contribution in [0.5, 0.6) is 0 Å². The van der Waals surface area contributed by atoms with Crippen LogP contribution in [0, 0.1) is 5.92 Å². The molecule has 8 nitrogen and oxygen atoms in total. The molecule has 2 aliphatic rings. The lowest BCUT2D eigenvalue weighted by Crippen LogP contribution is -2.54. The van der Waals surface area contributed by atoms with Crippen LogP contribution >= 0.6 is 15.9 Å². The summed E-state index contributed by atoms with van der Waals surface area (Å²) in [6.07, 6.45) is 3.32. The van der Waals surface area contributed by atoms with Gasteiger partial charge in [0.05, 0.1) is 0 Å². The van der Waals surface area contributed by atoms with Crippen molar-refractivity contribution in [2.75, 3.05) is 6.54 Å². The second-order valence-corrected chi connectivity index (χ2v) is 7.86. The number of nitrogens with one attached hydrogen (secondary N) is 3. The maximum absolute atomic E-state index is 12.8. The van der Waals surface area contributed by atoms with Crippen molar-refractivity contribution in [3.8, 4) is 0 Å². The molecule has 1 aliphatic carbocycles. The Morgan fingerprint density at radius 3 is 2.59 bits per heavy atom. The molecule has 2 atom stereocenters. The molecule has 1 heterocycles. The predicted molar refractivity (Wildman–Crippen MR) is 100 cm³/mol. The van der Waals surface area contributed by atoms with Crippen LogP contribution in [0.15, 0.2) is 28.7 Å². The average molecular weight is 437 g/mol. The summed E-state index contributed by atoms with van der Waals surface area (Å²) in [5, 5.41) is 2.79. The third-order valence-corrected chi connectivity index (χ3v) is 5.75. The predicted octanol–water partition coefficient (Wildman–Crippen LogP) is 1.71. The molecule has 0 radical (unpaired) electrons. The minimum atomic E-state index is -0.906. The molecule has 1 aromatic carbocycles. The summed E-state index contributed by atoms with van der Waals surface area (Å²) in [6.45, 7) is 1.50. The fourth-order valence-electron chi connectivity index (χ4n) is 3.62. The summed E-state index contributed by atoms with van der Waals surface area (Å²) in [4.78, 5) is 50.1. The number of urea groups is 1. The standard InChI is InChI=1S/C18H21BrN4O4/c1-11-4-2-3-9-18(11)16(26)23(17(27)20-18)10-14(24)21-22-15(25)12-5-7-13(19)8-6-12/h5-8,11H,2-4,9-10H2,1H3,(H,20,27)(H,21,24)(H,22,25)/t11-,18-/m0/s1. The minimum Gasteiger partial charge on any atom is -0.323 e. The Balaban J connectivity index is 1.57. The second-order valence-electron chi connectivity index (χ2n) is 6.95. The van der Waals surface area contributed by atoms with Crippen molar-refractivity contribution < 1.29 is 19.2 Å². The van der Waals surface area contributed by atoms with E-state index >= 15 is 0 Å². The Kier molecular flexibility index (Phi) is 5.50. The smallest absolute Gasteiger partial charge is 0.323 e. The number of hydrogen-bond donors (Lipinski definition) is 3. The Hall–Kier alpha value is -2.42. The van der Waals surface area contributed by atoms with Gasteiger partial charge in [-0.2, -0.15) is 0 Å². The number of benzene rings is 1. The molecule has 0 unspecified atom stereocenters. The van der Waals surface area contributed by atoms with Crippen LogP contribution in [0.2, 0.25) is 0 Å². The number of hydrazine groups is 1. The molecule has 0 bridgehead atoms. The van der Waals surface area contributed by atoms with Crippen molar-refractivity contribution in [1.29, 1.82) is 0 Å². The van der Waals surface area contributed by atoms with Crippen molar-refractivity contribution in [3.05, 3.63) is 34.3 Å². The normalized spacial score (nSPS) is 24.7. The molecule has 2 fully saturated rings. The fourth-order valence-corrected chi connectivity index (χ4v) is 3.89. The molecule has 144 valence electrons. The van der Waals surface area contributed by atoms with Crippen LogP contribution < -0.4 is 16.2 Å². The van der Waals surface area contributed by atoms with Gasteiger partial charge in [0, 0.05) is 10.0 Å². The number of carbonyl (C=O) groups is 4. The van der Waals surface area contributed by atoms with Crippen LogP contribution in [-0.2, 0) is 9.59 Å². The van der Waals surface area contributed by atoms with Gasteiger partial charge in [-0.15, -0.1) is 0 Å². The number of halogens is 1. The number of rotatable bonds is 3. The van der Waals surface area contributed by atoms with Gasteiger partial charge in [-0.1, -0.05) is 35.7 Å². The first-order chi connectivity index (χ1) is 12.8. The second kappa shape index (κ2) is 7.67. The highest BCUT2D eigenvalue weighted by Crippen LogP contribution is 2.38. The van der Waals surface area contributed by atoms with E-state index in [9.17, 15) is 19.2 Å². The van der Waals surface area contributed by atoms with Crippen molar-refractivity contribution in [2.24, 2.45) is 5.92 Å². The highest BCUT2D eigenvalue weighted by Gasteiger charge is 2.55. The molecule has 1 saturated heterocycles. The van der Waals surface area contributed by atoms with Gasteiger partial charge in [0.1, 0.15) is 12.1 Å². The van der Waals surface area contributed by atoms with Gasteiger partial charge in [-0.25, -0.2) is 4.79 Å². The van der Waals surface area contributed by atoms with E-state index in [-0.39, 0.29) is 11.8 Å². The molecule has 3 N–H and O–H groups in total. The van der Waals surface area contributed by atoms with Gasteiger partial charge in [0.15, 0.2) is 0 Å². The van der Waals surface area contributed by atoms with Crippen molar-refractivity contribution in [3.63, 3.8) is 0 Å². The molecule has 3 rings (SSSR count). The largest absolute Gasteiger partial charge is 0.325 e. The van der Waals surface area contributed by atoms with Gasteiger partial charge in [0.25, 0.3) is 17.7 Å². The van der Waals surface area contributed by atoms with Gasteiger partial charge in [0.2, 0.25) is 0 Å². The molecule has 9 heteroatoms. The maximum atomic E-state index is 12.8. The molecule has 27 heavy (non-hydrogen) atoms. The van der Waals surface area contributed by atoms with Gasteiger partial charge in [-0.05, 0) is 43.0 Å². The Labute approximate surface area is 165 Å². The van der Waals surface area contributed by atoms with E-state index in [4.69, 9.17) is 0 Å². The first-order valence-corrected chi connectivity index (χ1v) is 9.61. The third kappa shape index (κ3) is 3.83. The summed E-state index contributed by atoms with van der Waals surface area (Å²) in [5.74, 6) is -1.49. The van der Waals surface area contributed by atoms with Crippen molar-refractivity contribution in [1.82, 2.24) is 21.1 Å².